The summed E-state index contributed by atoms with van der Waals surface area (Å²) in [5.41, 5.74) is 1.53. The van der Waals surface area contributed by atoms with Crippen LogP contribution in [0.2, 0.25) is 0 Å². The molecule has 1 aliphatic carbocycles. The number of nitrogens with one attached hydrogen (secondary N) is 1. The van der Waals surface area contributed by atoms with E-state index in [1.54, 1.807) is 12.1 Å². The Morgan fingerprint density at radius 2 is 1.90 bits per heavy atom. The van der Waals surface area contributed by atoms with E-state index in [9.17, 15) is 9.59 Å². The minimum absolute atomic E-state index is 0.0464. The molecule has 2 rings (SSSR count). The molecule has 1 unspecified atom stereocenters. The molecule has 0 fully saturated rings. The summed E-state index contributed by atoms with van der Waals surface area (Å²) >= 11 is 0. The van der Waals surface area contributed by atoms with Gasteiger partial charge in [0, 0.05) is 6.04 Å². The molecule has 0 bridgehead atoms. The van der Waals surface area contributed by atoms with E-state index in [0.717, 1.165) is 11.1 Å². The van der Waals surface area contributed by atoms with Gasteiger partial charge in [-0.3, -0.25) is 0 Å². The van der Waals surface area contributed by atoms with E-state index in [2.05, 4.69) is 10.1 Å². The molecule has 2 N–H and O–H groups in total. The average Bonchev–Trinajstić information content (AvgIpc) is 2.66. The van der Waals surface area contributed by atoms with Gasteiger partial charge in [0.1, 0.15) is 11.4 Å². The molecule has 1 aromatic carbocycles. The van der Waals surface area contributed by atoms with Gasteiger partial charge in [0.25, 0.3) is 0 Å². The molecule has 1 aliphatic rings. The second-order valence-corrected chi connectivity index (χ2v) is 6.05. The van der Waals surface area contributed by atoms with Gasteiger partial charge in [-0.05, 0) is 56.9 Å². The van der Waals surface area contributed by atoms with Gasteiger partial charge in [0.05, 0.1) is 0 Å². The summed E-state index contributed by atoms with van der Waals surface area (Å²) in [4.78, 5) is 22.3. The zero-order valence-corrected chi connectivity index (χ0v) is 12.3. The van der Waals surface area contributed by atoms with Gasteiger partial charge in [-0.25, -0.2) is 9.59 Å². The second kappa shape index (κ2) is 5.63. The highest BCUT2D eigenvalue weighted by Crippen LogP contribution is 2.26. The first-order chi connectivity index (χ1) is 9.73. The maximum absolute atomic E-state index is 11.7. The monoisotopic (exact) mass is 293 g/mol. The summed E-state index contributed by atoms with van der Waals surface area (Å²) in [6.07, 6.45) is -0.452. The van der Waals surface area contributed by atoms with E-state index in [4.69, 9.17) is 9.84 Å². The number of benzene rings is 1. The van der Waals surface area contributed by atoms with Crippen molar-refractivity contribution in [1.82, 2.24) is 5.32 Å². The standard InChI is InChI=1S/C15H19NO5/c1-15(2,3)21-13(17)16-11-6-9-4-5-12(20-14(18)19)8-10(9)7-11/h4-5,8,11H,6-7H2,1-3H3,(H,16,17)(H,18,19). The molecule has 114 valence electrons. The lowest BCUT2D eigenvalue weighted by molar-refractivity contribution is 0.0506. The Kier molecular flexibility index (Phi) is 4.06. The van der Waals surface area contributed by atoms with Crippen LogP contribution >= 0.6 is 0 Å². The van der Waals surface area contributed by atoms with Crippen molar-refractivity contribution < 1.29 is 24.2 Å². The smallest absolute Gasteiger partial charge is 0.449 e. The Balaban J connectivity index is 1.96. The predicted octanol–water partition coefficient (Wildman–Crippen LogP) is 2.74. The number of fused-ring (bicyclic) bond motifs is 1. The van der Waals surface area contributed by atoms with Crippen molar-refractivity contribution in [2.75, 3.05) is 0 Å². The third kappa shape index (κ3) is 4.37. The first-order valence-electron chi connectivity index (χ1n) is 6.75. The van der Waals surface area contributed by atoms with Gasteiger partial charge < -0.3 is 19.9 Å². The van der Waals surface area contributed by atoms with Gasteiger partial charge >= 0.3 is 12.2 Å². The fourth-order valence-corrected chi connectivity index (χ4v) is 2.34. The van der Waals surface area contributed by atoms with Crippen LogP contribution in [0.15, 0.2) is 18.2 Å². The summed E-state index contributed by atoms with van der Waals surface area (Å²) in [5, 5.41) is 11.4. The highest BCUT2D eigenvalue weighted by molar-refractivity contribution is 5.68. The SMILES string of the molecule is CC(C)(C)OC(=O)NC1Cc2ccc(OC(=O)O)cc2C1. The normalized spacial score (nSPS) is 17.0. The van der Waals surface area contributed by atoms with Crippen LogP contribution in [-0.4, -0.2) is 29.0 Å². The summed E-state index contributed by atoms with van der Waals surface area (Å²) in [5.74, 6) is 0.291. The fourth-order valence-electron chi connectivity index (χ4n) is 2.34. The van der Waals surface area contributed by atoms with E-state index >= 15 is 0 Å². The van der Waals surface area contributed by atoms with Gasteiger partial charge in [0.15, 0.2) is 0 Å². The van der Waals surface area contributed by atoms with E-state index < -0.39 is 17.8 Å². The number of carbonyl (C=O) groups excluding carboxylic acids is 1. The van der Waals surface area contributed by atoms with Gasteiger partial charge in [-0.15, -0.1) is 0 Å². The lowest BCUT2D eigenvalue weighted by atomic mass is 10.1. The van der Waals surface area contributed by atoms with Crippen LogP contribution < -0.4 is 10.1 Å². The van der Waals surface area contributed by atoms with Crippen LogP contribution in [0, 0.1) is 0 Å². The highest BCUT2D eigenvalue weighted by atomic mass is 16.7. The Morgan fingerprint density at radius 1 is 1.24 bits per heavy atom. The minimum Gasteiger partial charge on any atom is -0.449 e. The zero-order valence-electron chi connectivity index (χ0n) is 12.3. The van der Waals surface area contributed by atoms with Crippen LogP contribution in [0.4, 0.5) is 9.59 Å². The lowest BCUT2D eigenvalue weighted by Crippen LogP contribution is -2.39. The predicted molar refractivity (Wildman–Crippen MR) is 75.7 cm³/mol. The molecule has 0 spiro atoms. The summed E-state index contributed by atoms with van der Waals surface area (Å²) in [6, 6.07) is 5.09. The van der Waals surface area contributed by atoms with Crippen molar-refractivity contribution in [1.29, 1.82) is 0 Å². The van der Waals surface area contributed by atoms with E-state index in [-0.39, 0.29) is 6.04 Å². The van der Waals surface area contributed by atoms with Crippen LogP contribution in [0.25, 0.3) is 0 Å². The maximum Gasteiger partial charge on any atom is 0.511 e. The van der Waals surface area contributed by atoms with Crippen LogP contribution in [0.1, 0.15) is 31.9 Å². The molecule has 0 saturated carbocycles. The van der Waals surface area contributed by atoms with Crippen molar-refractivity contribution in [2.24, 2.45) is 0 Å². The number of carboxylic acid groups (broad SMARTS) is 1. The molecular formula is C15H19NO5. The number of alkyl carbamates (subject to hydrolysis) is 1. The van der Waals surface area contributed by atoms with Crippen LogP contribution in [-0.2, 0) is 17.6 Å². The molecule has 6 nitrogen and oxygen atoms in total. The van der Waals surface area contributed by atoms with E-state index in [1.807, 2.05) is 26.8 Å². The fraction of sp³-hybridized carbons (Fsp3) is 0.467. The molecule has 0 aromatic heterocycles. The number of hydrogen-bond acceptors (Lipinski definition) is 4. The van der Waals surface area contributed by atoms with Crippen molar-refractivity contribution in [3.05, 3.63) is 29.3 Å². The molecule has 1 atom stereocenters. The molecule has 0 radical (unpaired) electrons. The van der Waals surface area contributed by atoms with Gasteiger partial charge in [-0.1, -0.05) is 6.07 Å². The van der Waals surface area contributed by atoms with Crippen LogP contribution in [0.3, 0.4) is 0 Å². The Morgan fingerprint density at radius 3 is 2.52 bits per heavy atom. The van der Waals surface area contributed by atoms with Crippen molar-refractivity contribution in [3.8, 4) is 5.75 Å². The molecule has 0 aliphatic heterocycles. The Labute approximate surface area is 123 Å². The summed E-state index contributed by atoms with van der Waals surface area (Å²) < 4.78 is 9.85. The highest BCUT2D eigenvalue weighted by Gasteiger charge is 2.25. The topological polar surface area (TPSA) is 84.9 Å². The summed E-state index contributed by atoms with van der Waals surface area (Å²) in [6.45, 7) is 5.43. The van der Waals surface area contributed by atoms with E-state index in [0.29, 0.717) is 18.6 Å². The third-order valence-corrected chi connectivity index (χ3v) is 3.04. The number of carbonyl (C=O) groups is 2. The third-order valence-electron chi connectivity index (χ3n) is 3.04. The number of ether oxygens (including phenoxy) is 2. The molecule has 6 heteroatoms. The van der Waals surface area contributed by atoms with Gasteiger partial charge in [-0.2, -0.15) is 0 Å². The molecule has 1 amide bonds. The first-order valence-corrected chi connectivity index (χ1v) is 6.75. The molecule has 1 aromatic rings. The zero-order chi connectivity index (χ0) is 15.6. The second-order valence-electron chi connectivity index (χ2n) is 6.05. The Bertz CT molecular complexity index is 562. The molecule has 0 heterocycles. The molecular weight excluding hydrogens is 274 g/mol. The lowest BCUT2D eigenvalue weighted by Gasteiger charge is -2.21. The van der Waals surface area contributed by atoms with Crippen molar-refractivity contribution in [3.63, 3.8) is 0 Å². The molecule has 0 saturated heterocycles. The van der Waals surface area contributed by atoms with Gasteiger partial charge in [0.2, 0.25) is 0 Å². The number of hydrogen-bond donors (Lipinski definition) is 2. The number of rotatable bonds is 2. The van der Waals surface area contributed by atoms with Crippen molar-refractivity contribution >= 4 is 12.2 Å². The largest absolute Gasteiger partial charge is 0.511 e. The summed E-state index contributed by atoms with van der Waals surface area (Å²) in [7, 11) is 0. The van der Waals surface area contributed by atoms with Crippen molar-refractivity contribution in [2.45, 2.75) is 45.3 Å². The average molecular weight is 293 g/mol. The maximum atomic E-state index is 11.7. The first kappa shape index (κ1) is 15.2. The van der Waals surface area contributed by atoms with E-state index in [1.165, 1.54) is 0 Å². The number of amides is 1. The Hall–Kier alpha value is -2.24. The quantitative estimate of drug-likeness (QED) is 0.647. The minimum atomic E-state index is -1.34. The van der Waals surface area contributed by atoms with Crippen LogP contribution in [0.5, 0.6) is 5.75 Å². The molecule has 21 heavy (non-hydrogen) atoms.